The number of rotatable bonds is 1. The van der Waals surface area contributed by atoms with Gasteiger partial charge in [-0.15, -0.1) is 12.4 Å². The lowest BCUT2D eigenvalue weighted by molar-refractivity contribution is 0.0648. The zero-order valence-electron chi connectivity index (χ0n) is 9.40. The zero-order valence-corrected chi connectivity index (χ0v) is 10.2. The lowest BCUT2D eigenvalue weighted by atomic mass is 10.2. The van der Waals surface area contributed by atoms with Crippen molar-refractivity contribution >= 4 is 18.3 Å². The number of carbonyl (C=O) groups excluding carboxylic acids is 1. The van der Waals surface area contributed by atoms with Crippen LogP contribution < -0.4 is 5.32 Å². The van der Waals surface area contributed by atoms with Gasteiger partial charge in [-0.05, 0) is 13.8 Å². The summed E-state index contributed by atoms with van der Waals surface area (Å²) in [5, 5.41) is 3.24. The SMILES string of the molecule is Cc1ocnc1C(=O)N1CCNCC1C.Cl. The standard InChI is InChI=1S/C10H15N3O2.ClH/c1-7-5-11-3-4-13(7)10(14)9-8(2)15-6-12-9;/h6-7,11H,3-5H2,1-2H3;1H. The Bertz CT molecular complexity index is 367. The molecular weight excluding hydrogens is 230 g/mol. The fourth-order valence-corrected chi connectivity index (χ4v) is 1.79. The van der Waals surface area contributed by atoms with E-state index in [2.05, 4.69) is 10.3 Å². The van der Waals surface area contributed by atoms with Crippen LogP contribution in [0.3, 0.4) is 0 Å². The summed E-state index contributed by atoms with van der Waals surface area (Å²) in [6, 6.07) is 0.211. The summed E-state index contributed by atoms with van der Waals surface area (Å²) in [6.45, 7) is 6.19. The Hall–Kier alpha value is -1.07. The fraction of sp³-hybridized carbons (Fsp3) is 0.600. The Morgan fingerprint density at radius 3 is 3.00 bits per heavy atom. The lowest BCUT2D eigenvalue weighted by Gasteiger charge is -2.33. The quantitative estimate of drug-likeness (QED) is 0.797. The summed E-state index contributed by atoms with van der Waals surface area (Å²) in [7, 11) is 0. The molecular formula is C10H16ClN3O2. The number of halogens is 1. The number of aromatic nitrogens is 1. The highest BCUT2D eigenvalue weighted by molar-refractivity contribution is 5.93. The van der Waals surface area contributed by atoms with Crippen LogP contribution in [0.5, 0.6) is 0 Å². The molecule has 16 heavy (non-hydrogen) atoms. The third-order valence-electron chi connectivity index (χ3n) is 2.71. The van der Waals surface area contributed by atoms with Crippen LogP contribution in [0.1, 0.15) is 23.2 Å². The Balaban J connectivity index is 0.00000128. The molecule has 0 saturated carbocycles. The first-order valence-corrected chi connectivity index (χ1v) is 5.12. The van der Waals surface area contributed by atoms with Crippen molar-refractivity contribution in [2.75, 3.05) is 19.6 Å². The molecule has 2 rings (SSSR count). The molecule has 0 aromatic carbocycles. The summed E-state index contributed by atoms with van der Waals surface area (Å²) < 4.78 is 5.04. The molecule has 1 aliphatic rings. The van der Waals surface area contributed by atoms with Gasteiger partial charge in [0.1, 0.15) is 5.76 Å². The van der Waals surface area contributed by atoms with Crippen LogP contribution in [0, 0.1) is 6.92 Å². The van der Waals surface area contributed by atoms with Gasteiger partial charge in [0.25, 0.3) is 5.91 Å². The van der Waals surface area contributed by atoms with Gasteiger partial charge in [-0.1, -0.05) is 0 Å². The first-order valence-electron chi connectivity index (χ1n) is 5.12. The molecule has 1 amide bonds. The number of nitrogens with one attached hydrogen (secondary N) is 1. The van der Waals surface area contributed by atoms with E-state index >= 15 is 0 Å². The number of nitrogens with zero attached hydrogens (tertiary/aromatic N) is 2. The van der Waals surface area contributed by atoms with Gasteiger partial charge in [0.2, 0.25) is 0 Å². The summed E-state index contributed by atoms with van der Waals surface area (Å²) in [6.07, 6.45) is 1.31. The van der Waals surface area contributed by atoms with E-state index in [-0.39, 0.29) is 24.4 Å². The van der Waals surface area contributed by atoms with Crippen molar-refractivity contribution in [3.05, 3.63) is 17.8 Å². The van der Waals surface area contributed by atoms with Crippen molar-refractivity contribution in [2.24, 2.45) is 0 Å². The van der Waals surface area contributed by atoms with Crippen molar-refractivity contribution in [2.45, 2.75) is 19.9 Å². The molecule has 1 N–H and O–H groups in total. The zero-order chi connectivity index (χ0) is 10.8. The number of hydrogen-bond acceptors (Lipinski definition) is 4. The molecule has 0 bridgehead atoms. The Labute approximate surface area is 101 Å². The molecule has 1 atom stereocenters. The van der Waals surface area contributed by atoms with Gasteiger partial charge in [-0.3, -0.25) is 4.79 Å². The summed E-state index contributed by atoms with van der Waals surface area (Å²) in [5.74, 6) is 0.556. The Kier molecular flexibility index (Phi) is 4.32. The Morgan fingerprint density at radius 2 is 2.44 bits per heavy atom. The highest BCUT2D eigenvalue weighted by Gasteiger charge is 2.26. The summed E-state index contributed by atoms with van der Waals surface area (Å²) in [4.78, 5) is 17.8. The smallest absolute Gasteiger partial charge is 0.276 e. The van der Waals surface area contributed by atoms with Gasteiger partial charge in [0.05, 0.1) is 0 Å². The minimum atomic E-state index is -0.0322. The maximum Gasteiger partial charge on any atom is 0.276 e. The second-order valence-corrected chi connectivity index (χ2v) is 3.81. The van der Waals surface area contributed by atoms with E-state index in [0.29, 0.717) is 11.5 Å². The third kappa shape index (κ3) is 2.36. The van der Waals surface area contributed by atoms with Crippen molar-refractivity contribution in [1.29, 1.82) is 0 Å². The van der Waals surface area contributed by atoms with Crippen LogP contribution >= 0.6 is 12.4 Å². The van der Waals surface area contributed by atoms with Crippen LogP contribution in [-0.4, -0.2) is 41.5 Å². The molecule has 1 fully saturated rings. The highest BCUT2D eigenvalue weighted by Crippen LogP contribution is 2.12. The molecule has 0 radical (unpaired) electrons. The first-order chi connectivity index (χ1) is 7.20. The van der Waals surface area contributed by atoms with Gasteiger partial charge in [-0.2, -0.15) is 0 Å². The fourth-order valence-electron chi connectivity index (χ4n) is 1.79. The summed E-state index contributed by atoms with van der Waals surface area (Å²) in [5.41, 5.74) is 0.434. The minimum Gasteiger partial charge on any atom is -0.448 e. The minimum absolute atomic E-state index is 0. The van der Waals surface area contributed by atoms with Crippen molar-refractivity contribution in [3.8, 4) is 0 Å². The lowest BCUT2D eigenvalue weighted by Crippen LogP contribution is -2.52. The van der Waals surface area contributed by atoms with Crippen molar-refractivity contribution in [1.82, 2.24) is 15.2 Å². The van der Waals surface area contributed by atoms with Gasteiger partial charge >= 0.3 is 0 Å². The van der Waals surface area contributed by atoms with E-state index in [0.717, 1.165) is 19.6 Å². The second-order valence-electron chi connectivity index (χ2n) is 3.81. The van der Waals surface area contributed by atoms with E-state index < -0.39 is 0 Å². The topological polar surface area (TPSA) is 58.4 Å². The van der Waals surface area contributed by atoms with Gasteiger partial charge in [0.15, 0.2) is 12.1 Å². The monoisotopic (exact) mass is 245 g/mol. The molecule has 1 saturated heterocycles. The summed E-state index contributed by atoms with van der Waals surface area (Å²) >= 11 is 0. The number of piperazine rings is 1. The van der Waals surface area contributed by atoms with Gasteiger partial charge in [0, 0.05) is 25.7 Å². The third-order valence-corrected chi connectivity index (χ3v) is 2.71. The number of carbonyl (C=O) groups is 1. The molecule has 1 aromatic rings. The predicted molar refractivity (Wildman–Crippen MR) is 61.9 cm³/mol. The van der Waals surface area contributed by atoms with Crippen LogP contribution in [0.25, 0.3) is 0 Å². The molecule has 0 spiro atoms. The van der Waals surface area contributed by atoms with E-state index in [1.54, 1.807) is 6.92 Å². The number of aryl methyl sites for hydroxylation is 1. The average Bonchev–Trinajstić information content (AvgIpc) is 2.64. The molecule has 5 nitrogen and oxygen atoms in total. The molecule has 90 valence electrons. The molecule has 6 heteroatoms. The number of hydrogen-bond donors (Lipinski definition) is 1. The van der Waals surface area contributed by atoms with E-state index in [9.17, 15) is 4.79 Å². The maximum atomic E-state index is 12.1. The molecule has 2 heterocycles. The molecule has 0 aliphatic carbocycles. The van der Waals surface area contributed by atoms with Crippen molar-refractivity contribution < 1.29 is 9.21 Å². The first kappa shape index (κ1) is 13.0. The molecule has 1 unspecified atom stereocenters. The van der Waals surface area contributed by atoms with E-state index in [1.165, 1.54) is 6.39 Å². The van der Waals surface area contributed by atoms with Crippen LogP contribution in [0.2, 0.25) is 0 Å². The highest BCUT2D eigenvalue weighted by atomic mass is 35.5. The van der Waals surface area contributed by atoms with Gasteiger partial charge in [-0.25, -0.2) is 4.98 Å². The normalized spacial score (nSPS) is 20.4. The number of oxazole rings is 1. The van der Waals surface area contributed by atoms with Crippen LogP contribution in [-0.2, 0) is 0 Å². The average molecular weight is 246 g/mol. The van der Waals surface area contributed by atoms with Crippen LogP contribution in [0.15, 0.2) is 10.8 Å². The van der Waals surface area contributed by atoms with Crippen LogP contribution in [0.4, 0.5) is 0 Å². The molecule has 1 aromatic heterocycles. The number of amides is 1. The molecule has 1 aliphatic heterocycles. The Morgan fingerprint density at radius 1 is 1.69 bits per heavy atom. The van der Waals surface area contributed by atoms with Gasteiger partial charge < -0.3 is 14.6 Å². The predicted octanol–water partition coefficient (Wildman–Crippen LogP) is 0.839. The maximum absolute atomic E-state index is 12.1. The van der Waals surface area contributed by atoms with Crippen molar-refractivity contribution in [3.63, 3.8) is 0 Å². The largest absolute Gasteiger partial charge is 0.448 e. The van der Waals surface area contributed by atoms with E-state index in [4.69, 9.17) is 4.42 Å². The van der Waals surface area contributed by atoms with E-state index in [1.807, 2.05) is 11.8 Å². The second kappa shape index (κ2) is 5.32.